The van der Waals surface area contributed by atoms with Crippen molar-refractivity contribution < 1.29 is 4.52 Å². The third kappa shape index (κ3) is 4.02. The Bertz CT molecular complexity index is 512. The molecule has 0 atom stereocenters. The van der Waals surface area contributed by atoms with Crippen molar-refractivity contribution in [2.45, 2.75) is 26.6 Å². The molecule has 0 amide bonds. The zero-order valence-electron chi connectivity index (χ0n) is 10.8. The smallest absolute Gasteiger partial charge is 0.240 e. The molecular formula is C13H17ClN4O. The van der Waals surface area contributed by atoms with Crippen molar-refractivity contribution in [1.82, 2.24) is 15.0 Å². The number of nitrogens with zero attached hydrogens (tertiary/aromatic N) is 3. The molecule has 2 rings (SSSR count). The Balaban J connectivity index is 1.98. The van der Waals surface area contributed by atoms with E-state index in [1.165, 1.54) is 5.56 Å². The highest BCUT2D eigenvalue weighted by Crippen LogP contribution is 2.12. The minimum atomic E-state index is 0.274. The van der Waals surface area contributed by atoms with Crippen molar-refractivity contribution in [2.75, 3.05) is 6.54 Å². The molecule has 0 fully saturated rings. The summed E-state index contributed by atoms with van der Waals surface area (Å²) in [6.07, 6.45) is 0. The van der Waals surface area contributed by atoms with Gasteiger partial charge < -0.3 is 10.3 Å². The van der Waals surface area contributed by atoms with E-state index >= 15 is 0 Å². The van der Waals surface area contributed by atoms with E-state index in [2.05, 4.69) is 22.0 Å². The van der Waals surface area contributed by atoms with E-state index in [0.717, 1.165) is 18.1 Å². The van der Waals surface area contributed by atoms with E-state index in [0.29, 0.717) is 18.3 Å². The lowest BCUT2D eigenvalue weighted by Crippen LogP contribution is -2.23. The van der Waals surface area contributed by atoms with Crippen molar-refractivity contribution >= 4 is 11.6 Å². The van der Waals surface area contributed by atoms with Crippen LogP contribution >= 0.6 is 11.6 Å². The van der Waals surface area contributed by atoms with E-state index in [1.54, 1.807) is 0 Å². The maximum atomic E-state index is 5.87. The van der Waals surface area contributed by atoms with Gasteiger partial charge in [-0.15, -0.1) is 0 Å². The van der Waals surface area contributed by atoms with Gasteiger partial charge >= 0.3 is 0 Å². The van der Waals surface area contributed by atoms with Gasteiger partial charge in [-0.1, -0.05) is 35.8 Å². The molecule has 2 aromatic rings. The average molecular weight is 281 g/mol. The quantitative estimate of drug-likeness (QED) is 0.878. The lowest BCUT2D eigenvalue weighted by molar-refractivity contribution is 0.258. The Kier molecular flexibility index (Phi) is 4.90. The third-order valence-electron chi connectivity index (χ3n) is 2.82. The number of hydrogen-bond donors (Lipinski definition) is 1. The highest BCUT2D eigenvalue weighted by Gasteiger charge is 2.10. The number of benzene rings is 1. The molecular weight excluding hydrogens is 264 g/mol. The van der Waals surface area contributed by atoms with Gasteiger partial charge in [0, 0.05) is 11.6 Å². The monoisotopic (exact) mass is 280 g/mol. The van der Waals surface area contributed by atoms with Gasteiger partial charge in [0.2, 0.25) is 5.89 Å². The van der Waals surface area contributed by atoms with Gasteiger partial charge in [0.1, 0.15) is 0 Å². The summed E-state index contributed by atoms with van der Waals surface area (Å²) in [6, 6.07) is 7.83. The molecule has 1 heterocycles. The first-order chi connectivity index (χ1) is 9.21. The molecule has 0 saturated heterocycles. The number of hydrogen-bond acceptors (Lipinski definition) is 5. The van der Waals surface area contributed by atoms with Crippen molar-refractivity contribution in [1.29, 1.82) is 0 Å². The van der Waals surface area contributed by atoms with Crippen LogP contribution in [0.5, 0.6) is 0 Å². The Morgan fingerprint density at radius 2 is 2.00 bits per heavy atom. The summed E-state index contributed by atoms with van der Waals surface area (Å²) in [7, 11) is 0. The van der Waals surface area contributed by atoms with Crippen LogP contribution in [-0.2, 0) is 19.6 Å². The van der Waals surface area contributed by atoms with Crippen LogP contribution in [0.3, 0.4) is 0 Å². The molecule has 6 heteroatoms. The van der Waals surface area contributed by atoms with Gasteiger partial charge in [0.25, 0.3) is 0 Å². The summed E-state index contributed by atoms with van der Waals surface area (Å²) in [5.74, 6) is 1.13. The first kappa shape index (κ1) is 14.0. The van der Waals surface area contributed by atoms with Gasteiger partial charge in [-0.2, -0.15) is 4.98 Å². The second-order valence-electron chi connectivity index (χ2n) is 4.24. The predicted molar refractivity (Wildman–Crippen MR) is 73.4 cm³/mol. The van der Waals surface area contributed by atoms with Crippen molar-refractivity contribution in [3.8, 4) is 0 Å². The van der Waals surface area contributed by atoms with Gasteiger partial charge in [0.05, 0.1) is 13.1 Å². The van der Waals surface area contributed by atoms with Crippen molar-refractivity contribution in [3.63, 3.8) is 0 Å². The summed E-state index contributed by atoms with van der Waals surface area (Å²) in [6.45, 7) is 4.73. The first-order valence-electron chi connectivity index (χ1n) is 6.19. The standard InChI is InChI=1S/C13H17ClN4O/c1-2-18(8-10-3-5-11(14)6-4-10)9-12-16-13(7-15)19-17-12/h3-6H,2,7-9,15H2,1H3. The van der Waals surface area contributed by atoms with E-state index < -0.39 is 0 Å². The molecule has 0 spiro atoms. The van der Waals surface area contributed by atoms with Gasteiger partial charge in [0.15, 0.2) is 5.82 Å². The summed E-state index contributed by atoms with van der Waals surface area (Å²) in [5.41, 5.74) is 6.64. The van der Waals surface area contributed by atoms with E-state index in [9.17, 15) is 0 Å². The maximum Gasteiger partial charge on any atom is 0.240 e. The molecule has 19 heavy (non-hydrogen) atoms. The second-order valence-corrected chi connectivity index (χ2v) is 4.67. The fourth-order valence-electron chi connectivity index (χ4n) is 1.76. The van der Waals surface area contributed by atoms with Crippen molar-refractivity contribution in [3.05, 3.63) is 46.6 Å². The number of nitrogens with two attached hydrogens (primary N) is 1. The minimum Gasteiger partial charge on any atom is -0.338 e. The summed E-state index contributed by atoms with van der Waals surface area (Å²) >= 11 is 5.87. The van der Waals surface area contributed by atoms with Gasteiger partial charge in [-0.05, 0) is 24.2 Å². The SMILES string of the molecule is CCN(Cc1ccc(Cl)cc1)Cc1noc(CN)n1. The Morgan fingerprint density at radius 1 is 1.26 bits per heavy atom. The second kappa shape index (κ2) is 6.65. The van der Waals surface area contributed by atoms with Crippen LogP contribution in [0.1, 0.15) is 24.2 Å². The molecule has 1 aromatic heterocycles. The topological polar surface area (TPSA) is 68.2 Å². The molecule has 102 valence electrons. The molecule has 0 bridgehead atoms. The molecule has 1 aromatic carbocycles. The summed E-state index contributed by atoms with van der Waals surface area (Å²) in [4.78, 5) is 6.42. The van der Waals surface area contributed by atoms with Crippen LogP contribution in [0.2, 0.25) is 5.02 Å². The number of rotatable bonds is 6. The van der Waals surface area contributed by atoms with E-state index in [1.807, 2.05) is 24.3 Å². The van der Waals surface area contributed by atoms with Crippen LogP contribution in [0.25, 0.3) is 0 Å². The molecule has 0 aliphatic heterocycles. The van der Waals surface area contributed by atoms with E-state index in [-0.39, 0.29) is 6.54 Å². The van der Waals surface area contributed by atoms with Crippen LogP contribution in [-0.4, -0.2) is 21.6 Å². The highest BCUT2D eigenvalue weighted by atomic mass is 35.5. The van der Waals surface area contributed by atoms with Gasteiger partial charge in [-0.25, -0.2) is 0 Å². The van der Waals surface area contributed by atoms with Gasteiger partial charge in [-0.3, -0.25) is 4.90 Å². The third-order valence-corrected chi connectivity index (χ3v) is 3.07. The molecule has 2 N–H and O–H groups in total. The Hall–Kier alpha value is -1.43. The lowest BCUT2D eigenvalue weighted by Gasteiger charge is -2.18. The van der Waals surface area contributed by atoms with Crippen LogP contribution in [0, 0.1) is 0 Å². The average Bonchev–Trinajstić information content (AvgIpc) is 2.88. The Morgan fingerprint density at radius 3 is 2.58 bits per heavy atom. The zero-order chi connectivity index (χ0) is 13.7. The van der Waals surface area contributed by atoms with Crippen LogP contribution in [0.15, 0.2) is 28.8 Å². The lowest BCUT2D eigenvalue weighted by atomic mass is 10.2. The molecule has 0 aliphatic carbocycles. The maximum absolute atomic E-state index is 5.87. The predicted octanol–water partition coefficient (Wildman–Crippen LogP) is 2.20. The van der Waals surface area contributed by atoms with Crippen LogP contribution < -0.4 is 5.73 Å². The van der Waals surface area contributed by atoms with Crippen molar-refractivity contribution in [2.24, 2.45) is 5.73 Å². The first-order valence-corrected chi connectivity index (χ1v) is 6.57. The minimum absolute atomic E-state index is 0.274. The fourth-order valence-corrected chi connectivity index (χ4v) is 1.89. The van der Waals surface area contributed by atoms with E-state index in [4.69, 9.17) is 21.9 Å². The summed E-state index contributed by atoms with van der Waals surface area (Å²) < 4.78 is 4.99. The number of halogens is 1. The summed E-state index contributed by atoms with van der Waals surface area (Å²) in [5, 5.41) is 4.65. The molecule has 0 saturated carbocycles. The number of aromatic nitrogens is 2. The molecule has 0 radical (unpaired) electrons. The van der Waals surface area contributed by atoms with Crippen LogP contribution in [0.4, 0.5) is 0 Å². The molecule has 0 unspecified atom stereocenters. The fraction of sp³-hybridized carbons (Fsp3) is 0.385. The normalized spacial score (nSPS) is 11.2. The Labute approximate surface area is 117 Å². The molecule has 0 aliphatic rings. The molecule has 5 nitrogen and oxygen atoms in total. The largest absolute Gasteiger partial charge is 0.338 e. The highest BCUT2D eigenvalue weighted by molar-refractivity contribution is 6.30. The zero-order valence-corrected chi connectivity index (χ0v) is 11.6.